The van der Waals surface area contributed by atoms with E-state index in [4.69, 9.17) is 4.99 Å². The SMILES string of the molecule is CCNC(=NCC1(C)CCCCC1O)NC1CCN(c2cccc(F)c2)CC1.I. The second-order valence-electron chi connectivity index (χ2n) is 8.50. The molecule has 0 spiro atoms. The summed E-state index contributed by atoms with van der Waals surface area (Å²) in [4.78, 5) is 7.05. The summed E-state index contributed by atoms with van der Waals surface area (Å²) in [5, 5.41) is 17.3. The van der Waals surface area contributed by atoms with Gasteiger partial charge >= 0.3 is 0 Å². The third-order valence-corrected chi connectivity index (χ3v) is 6.23. The number of halogens is 2. The zero-order valence-corrected chi connectivity index (χ0v) is 20.0. The van der Waals surface area contributed by atoms with Gasteiger partial charge in [-0.3, -0.25) is 4.99 Å². The molecule has 3 rings (SSSR count). The van der Waals surface area contributed by atoms with E-state index in [1.807, 2.05) is 6.07 Å². The third kappa shape index (κ3) is 6.70. The number of hydrogen-bond acceptors (Lipinski definition) is 3. The fraction of sp³-hybridized carbons (Fsp3) is 0.682. The fourth-order valence-corrected chi connectivity index (χ4v) is 4.29. The molecule has 1 aliphatic carbocycles. The van der Waals surface area contributed by atoms with Crippen molar-refractivity contribution in [2.75, 3.05) is 31.1 Å². The number of aliphatic imine (C=N–C) groups is 1. The second kappa shape index (κ2) is 11.3. The molecule has 2 unspecified atom stereocenters. The predicted molar refractivity (Wildman–Crippen MR) is 129 cm³/mol. The predicted octanol–water partition coefficient (Wildman–Crippen LogP) is 3.91. The summed E-state index contributed by atoms with van der Waals surface area (Å²) < 4.78 is 13.5. The van der Waals surface area contributed by atoms with Crippen LogP contribution in [0.5, 0.6) is 0 Å². The Bertz CT molecular complexity index is 666. The highest BCUT2D eigenvalue weighted by atomic mass is 127. The van der Waals surface area contributed by atoms with Crippen LogP contribution in [0.3, 0.4) is 0 Å². The summed E-state index contributed by atoms with van der Waals surface area (Å²) >= 11 is 0. The summed E-state index contributed by atoms with van der Waals surface area (Å²) in [5.74, 6) is 0.656. The number of anilines is 1. The van der Waals surface area contributed by atoms with Crippen LogP contribution in [-0.2, 0) is 0 Å². The van der Waals surface area contributed by atoms with E-state index in [0.717, 1.165) is 63.4 Å². The first-order valence-corrected chi connectivity index (χ1v) is 10.7. The maximum atomic E-state index is 13.5. The van der Waals surface area contributed by atoms with E-state index in [0.29, 0.717) is 12.6 Å². The smallest absolute Gasteiger partial charge is 0.191 e. The minimum Gasteiger partial charge on any atom is -0.392 e. The van der Waals surface area contributed by atoms with Crippen molar-refractivity contribution in [3.63, 3.8) is 0 Å². The van der Waals surface area contributed by atoms with Crippen LogP contribution in [0.15, 0.2) is 29.3 Å². The first kappa shape index (κ1) is 24.2. The first-order valence-electron chi connectivity index (χ1n) is 10.7. The first-order chi connectivity index (χ1) is 13.5. The number of hydrogen-bond donors (Lipinski definition) is 3. The number of benzene rings is 1. The van der Waals surface area contributed by atoms with Crippen LogP contribution in [-0.4, -0.2) is 49.4 Å². The molecule has 7 heteroatoms. The van der Waals surface area contributed by atoms with Gasteiger partial charge in [0.15, 0.2) is 5.96 Å². The number of rotatable bonds is 5. The molecule has 0 amide bonds. The number of guanidine groups is 1. The van der Waals surface area contributed by atoms with Gasteiger partial charge in [-0.15, -0.1) is 24.0 Å². The number of piperidine rings is 1. The van der Waals surface area contributed by atoms with Gasteiger partial charge in [0.1, 0.15) is 5.82 Å². The number of aliphatic hydroxyl groups is 1. The van der Waals surface area contributed by atoms with E-state index in [9.17, 15) is 9.50 Å². The summed E-state index contributed by atoms with van der Waals surface area (Å²) in [7, 11) is 0. The van der Waals surface area contributed by atoms with Gasteiger partial charge in [0.2, 0.25) is 0 Å². The van der Waals surface area contributed by atoms with Crippen molar-refractivity contribution in [3.05, 3.63) is 30.1 Å². The number of nitrogens with zero attached hydrogens (tertiary/aromatic N) is 2. The normalized spacial score (nSPS) is 26.0. The Morgan fingerprint density at radius 1 is 1.28 bits per heavy atom. The van der Waals surface area contributed by atoms with Crippen molar-refractivity contribution >= 4 is 35.6 Å². The summed E-state index contributed by atoms with van der Waals surface area (Å²) in [6.07, 6.45) is 5.91. The Hall–Kier alpha value is -1.09. The lowest BCUT2D eigenvalue weighted by atomic mass is 9.73. The zero-order valence-electron chi connectivity index (χ0n) is 17.7. The lowest BCUT2D eigenvalue weighted by Crippen LogP contribution is -2.49. The van der Waals surface area contributed by atoms with Crippen LogP contribution in [0.1, 0.15) is 52.4 Å². The summed E-state index contributed by atoms with van der Waals surface area (Å²) in [6, 6.07) is 7.19. The standard InChI is InChI=1S/C22H35FN4O.HI/c1-3-24-21(25-16-22(2)12-5-4-9-20(22)28)26-18-10-13-27(14-11-18)19-8-6-7-17(23)15-19;/h6-8,15,18,20,28H,3-5,9-14,16H2,1-2H3,(H2,24,25,26);1H. The molecule has 2 atom stereocenters. The average molecular weight is 518 g/mol. The molecule has 164 valence electrons. The Balaban J connectivity index is 0.00000300. The monoisotopic (exact) mass is 518 g/mol. The number of aliphatic hydroxyl groups excluding tert-OH is 1. The molecular weight excluding hydrogens is 482 g/mol. The van der Waals surface area contributed by atoms with Crippen LogP contribution >= 0.6 is 24.0 Å². The molecule has 1 saturated carbocycles. The molecule has 1 aromatic carbocycles. The Morgan fingerprint density at radius 2 is 2.03 bits per heavy atom. The topological polar surface area (TPSA) is 59.9 Å². The van der Waals surface area contributed by atoms with E-state index < -0.39 is 0 Å². The molecule has 5 nitrogen and oxygen atoms in total. The van der Waals surface area contributed by atoms with Gasteiger partial charge in [-0.25, -0.2) is 4.39 Å². The molecule has 1 aromatic rings. The molecule has 1 aliphatic heterocycles. The Morgan fingerprint density at radius 3 is 2.69 bits per heavy atom. The van der Waals surface area contributed by atoms with E-state index in [1.54, 1.807) is 12.1 Å². The minimum absolute atomic E-state index is 0. The van der Waals surface area contributed by atoms with E-state index in [-0.39, 0.29) is 41.3 Å². The van der Waals surface area contributed by atoms with Crippen molar-refractivity contribution < 1.29 is 9.50 Å². The zero-order chi connectivity index (χ0) is 20.0. The Kier molecular flexibility index (Phi) is 9.46. The van der Waals surface area contributed by atoms with Crippen molar-refractivity contribution in [1.82, 2.24) is 10.6 Å². The molecule has 1 heterocycles. The molecule has 0 aromatic heterocycles. The van der Waals surface area contributed by atoms with Gasteiger partial charge in [-0.05, 0) is 50.8 Å². The van der Waals surface area contributed by atoms with Crippen molar-refractivity contribution in [2.24, 2.45) is 10.4 Å². The fourth-order valence-electron chi connectivity index (χ4n) is 4.29. The molecule has 29 heavy (non-hydrogen) atoms. The van der Waals surface area contributed by atoms with Gasteiger partial charge in [0.05, 0.1) is 12.6 Å². The number of nitrogens with one attached hydrogen (secondary N) is 2. The van der Waals surface area contributed by atoms with Crippen LogP contribution in [0, 0.1) is 11.2 Å². The van der Waals surface area contributed by atoms with Gasteiger partial charge in [0, 0.05) is 36.8 Å². The van der Waals surface area contributed by atoms with Gasteiger partial charge in [-0.1, -0.05) is 25.8 Å². The highest BCUT2D eigenvalue weighted by Gasteiger charge is 2.35. The molecule has 0 bridgehead atoms. The quantitative estimate of drug-likeness (QED) is 0.315. The molecule has 1 saturated heterocycles. The maximum Gasteiger partial charge on any atom is 0.191 e. The lowest BCUT2D eigenvalue weighted by Gasteiger charge is -2.37. The van der Waals surface area contributed by atoms with Crippen LogP contribution < -0.4 is 15.5 Å². The largest absolute Gasteiger partial charge is 0.392 e. The average Bonchev–Trinajstić information content (AvgIpc) is 2.69. The molecule has 3 N–H and O–H groups in total. The second-order valence-corrected chi connectivity index (χ2v) is 8.50. The van der Waals surface area contributed by atoms with Gasteiger partial charge < -0.3 is 20.6 Å². The maximum absolute atomic E-state index is 13.5. The molecule has 2 fully saturated rings. The highest BCUT2D eigenvalue weighted by molar-refractivity contribution is 14.0. The van der Waals surface area contributed by atoms with Crippen LogP contribution in [0.4, 0.5) is 10.1 Å². The van der Waals surface area contributed by atoms with Crippen molar-refractivity contribution in [3.8, 4) is 0 Å². The van der Waals surface area contributed by atoms with Gasteiger partial charge in [-0.2, -0.15) is 0 Å². The van der Waals surface area contributed by atoms with Crippen molar-refractivity contribution in [2.45, 2.75) is 64.5 Å². The van der Waals surface area contributed by atoms with Crippen LogP contribution in [0.2, 0.25) is 0 Å². The molecule has 2 aliphatic rings. The summed E-state index contributed by atoms with van der Waals surface area (Å²) in [6.45, 7) is 7.48. The lowest BCUT2D eigenvalue weighted by molar-refractivity contribution is 0.00715. The van der Waals surface area contributed by atoms with E-state index >= 15 is 0 Å². The molecular formula is C22H36FIN4O. The molecule has 0 radical (unpaired) electrons. The van der Waals surface area contributed by atoms with Gasteiger partial charge in [0.25, 0.3) is 0 Å². The van der Waals surface area contributed by atoms with Crippen LogP contribution in [0.25, 0.3) is 0 Å². The minimum atomic E-state index is -0.262. The third-order valence-electron chi connectivity index (χ3n) is 6.23. The van der Waals surface area contributed by atoms with E-state index in [2.05, 4.69) is 29.4 Å². The van der Waals surface area contributed by atoms with Crippen molar-refractivity contribution in [1.29, 1.82) is 0 Å². The highest BCUT2D eigenvalue weighted by Crippen LogP contribution is 2.36. The Labute approximate surface area is 191 Å². The summed E-state index contributed by atoms with van der Waals surface area (Å²) in [5.41, 5.74) is 0.833. The van der Waals surface area contributed by atoms with E-state index in [1.165, 1.54) is 12.5 Å².